The van der Waals surface area contributed by atoms with Crippen LogP contribution in [0.5, 0.6) is 0 Å². The van der Waals surface area contributed by atoms with Crippen LogP contribution in [-0.2, 0) is 34.5 Å². The second-order valence-electron chi connectivity index (χ2n) is 7.11. The van der Waals surface area contributed by atoms with E-state index in [9.17, 15) is 0 Å². The minimum atomic E-state index is -0.110. The lowest BCUT2D eigenvalue weighted by atomic mass is 9.75. The number of rotatable bonds is 0. The molecule has 0 aromatic carbocycles. The van der Waals surface area contributed by atoms with Crippen LogP contribution in [0.2, 0.25) is 0 Å². The average Bonchev–Trinajstić information content (AvgIpc) is 2.76. The lowest BCUT2D eigenvalue weighted by Gasteiger charge is -2.43. The summed E-state index contributed by atoms with van der Waals surface area (Å²) in [6.07, 6.45) is 8.90. The molecule has 1 unspecified atom stereocenters. The van der Waals surface area contributed by atoms with Crippen molar-refractivity contribution >= 4 is 0 Å². The van der Waals surface area contributed by atoms with Gasteiger partial charge in [-0.3, -0.25) is 4.98 Å². The zero-order valence-corrected chi connectivity index (χ0v) is 12.5. The van der Waals surface area contributed by atoms with Crippen LogP contribution < -0.4 is 0 Å². The Balaban J connectivity index is 1.84. The Morgan fingerprint density at radius 3 is 2.85 bits per heavy atom. The highest BCUT2D eigenvalue weighted by molar-refractivity contribution is 5.44. The Morgan fingerprint density at radius 2 is 2.00 bits per heavy atom. The van der Waals surface area contributed by atoms with Gasteiger partial charge in [-0.1, -0.05) is 0 Å². The maximum Gasteiger partial charge on any atom is 0.0992 e. The van der Waals surface area contributed by atoms with Gasteiger partial charge in [0.1, 0.15) is 0 Å². The van der Waals surface area contributed by atoms with Gasteiger partial charge in [-0.2, -0.15) is 0 Å². The molecule has 0 bridgehead atoms. The van der Waals surface area contributed by atoms with Crippen molar-refractivity contribution in [2.75, 3.05) is 6.61 Å². The molecule has 1 saturated heterocycles. The maximum absolute atomic E-state index is 6.33. The van der Waals surface area contributed by atoms with Crippen LogP contribution in [0, 0.1) is 0 Å². The fourth-order valence-corrected chi connectivity index (χ4v) is 4.34. The van der Waals surface area contributed by atoms with Gasteiger partial charge >= 0.3 is 0 Å². The molecule has 0 amide bonds. The molecule has 1 spiro atoms. The summed E-state index contributed by atoms with van der Waals surface area (Å²) < 4.78 is 12.2. The first kappa shape index (κ1) is 12.8. The Kier molecular flexibility index (Phi) is 2.74. The summed E-state index contributed by atoms with van der Waals surface area (Å²) in [6, 6.07) is 0. The van der Waals surface area contributed by atoms with Gasteiger partial charge in [-0.15, -0.1) is 0 Å². The van der Waals surface area contributed by atoms with Crippen molar-refractivity contribution in [1.29, 1.82) is 0 Å². The molecule has 0 saturated carbocycles. The zero-order chi connectivity index (χ0) is 13.8. The number of hydrogen-bond donors (Lipinski definition) is 0. The third kappa shape index (κ3) is 1.83. The predicted molar refractivity (Wildman–Crippen MR) is 76.6 cm³/mol. The first-order chi connectivity index (χ1) is 9.60. The number of nitrogens with zero attached hydrogens (tertiary/aromatic N) is 1. The van der Waals surface area contributed by atoms with E-state index >= 15 is 0 Å². The number of pyridine rings is 1. The molecular weight excluding hydrogens is 250 g/mol. The van der Waals surface area contributed by atoms with E-state index in [-0.39, 0.29) is 11.2 Å². The van der Waals surface area contributed by atoms with Crippen LogP contribution in [-0.4, -0.2) is 17.2 Å². The smallest absolute Gasteiger partial charge is 0.0992 e. The van der Waals surface area contributed by atoms with Gasteiger partial charge in [0.05, 0.1) is 24.4 Å². The Morgan fingerprint density at radius 1 is 1.15 bits per heavy atom. The quantitative estimate of drug-likeness (QED) is 0.727. The Bertz CT molecular complexity index is 548. The first-order valence-corrected chi connectivity index (χ1v) is 7.88. The van der Waals surface area contributed by atoms with Gasteiger partial charge in [0.15, 0.2) is 0 Å². The average molecular weight is 273 g/mol. The van der Waals surface area contributed by atoms with Gasteiger partial charge in [-0.25, -0.2) is 0 Å². The van der Waals surface area contributed by atoms with Crippen molar-refractivity contribution in [1.82, 2.24) is 4.98 Å². The van der Waals surface area contributed by atoms with Gasteiger partial charge in [0, 0.05) is 30.3 Å². The van der Waals surface area contributed by atoms with Crippen LogP contribution in [0.25, 0.3) is 0 Å². The molecule has 108 valence electrons. The molecule has 1 aromatic heterocycles. The van der Waals surface area contributed by atoms with Crippen LogP contribution in [0.4, 0.5) is 0 Å². The summed E-state index contributed by atoms with van der Waals surface area (Å²) in [5, 5.41) is 0. The SMILES string of the molecule is CC1(C)CC2(CCO1)OCc1cnc3c(c12)CCCC3. The molecular formula is C17H23NO2. The van der Waals surface area contributed by atoms with E-state index in [0.717, 1.165) is 32.5 Å². The lowest BCUT2D eigenvalue weighted by Crippen LogP contribution is -2.44. The lowest BCUT2D eigenvalue weighted by molar-refractivity contribution is -0.169. The van der Waals surface area contributed by atoms with E-state index in [1.54, 1.807) is 0 Å². The van der Waals surface area contributed by atoms with E-state index in [2.05, 4.69) is 20.0 Å². The topological polar surface area (TPSA) is 31.4 Å². The molecule has 1 aliphatic carbocycles. The molecule has 0 N–H and O–H groups in total. The summed E-state index contributed by atoms with van der Waals surface area (Å²) in [5.74, 6) is 0. The molecule has 4 rings (SSSR count). The highest BCUT2D eigenvalue weighted by Gasteiger charge is 2.48. The number of ether oxygens (including phenoxy) is 2. The third-order valence-electron chi connectivity index (χ3n) is 5.11. The molecule has 1 atom stereocenters. The molecule has 2 aliphatic heterocycles. The van der Waals surface area contributed by atoms with Crippen molar-refractivity contribution in [3.63, 3.8) is 0 Å². The van der Waals surface area contributed by atoms with E-state index in [1.165, 1.54) is 41.6 Å². The largest absolute Gasteiger partial charge is 0.375 e. The molecule has 3 aliphatic rings. The van der Waals surface area contributed by atoms with Crippen LogP contribution >= 0.6 is 0 Å². The van der Waals surface area contributed by atoms with E-state index < -0.39 is 0 Å². The van der Waals surface area contributed by atoms with E-state index in [0.29, 0.717) is 0 Å². The van der Waals surface area contributed by atoms with Crippen molar-refractivity contribution in [2.24, 2.45) is 0 Å². The minimum Gasteiger partial charge on any atom is -0.375 e. The second kappa shape index (κ2) is 4.28. The van der Waals surface area contributed by atoms with Crippen LogP contribution in [0.1, 0.15) is 61.9 Å². The van der Waals surface area contributed by atoms with Crippen molar-refractivity contribution in [3.05, 3.63) is 28.6 Å². The number of hydrogen-bond acceptors (Lipinski definition) is 3. The fourth-order valence-electron chi connectivity index (χ4n) is 4.34. The van der Waals surface area contributed by atoms with Gasteiger partial charge in [-0.05, 0) is 50.7 Å². The van der Waals surface area contributed by atoms with Crippen LogP contribution in [0.3, 0.4) is 0 Å². The Labute approximate surface area is 120 Å². The summed E-state index contributed by atoms with van der Waals surface area (Å²) in [5.41, 5.74) is 5.43. The van der Waals surface area contributed by atoms with Crippen molar-refractivity contribution in [3.8, 4) is 0 Å². The normalized spacial score (nSPS) is 31.1. The summed E-state index contributed by atoms with van der Waals surface area (Å²) >= 11 is 0. The molecule has 20 heavy (non-hydrogen) atoms. The summed E-state index contributed by atoms with van der Waals surface area (Å²) in [7, 11) is 0. The van der Waals surface area contributed by atoms with E-state index in [4.69, 9.17) is 14.5 Å². The monoisotopic (exact) mass is 273 g/mol. The first-order valence-electron chi connectivity index (χ1n) is 7.88. The van der Waals surface area contributed by atoms with Gasteiger partial charge in [0.25, 0.3) is 0 Å². The minimum absolute atomic E-state index is 0.0926. The third-order valence-corrected chi connectivity index (χ3v) is 5.11. The number of aryl methyl sites for hydroxylation is 1. The predicted octanol–water partition coefficient (Wildman–Crippen LogP) is 3.27. The Hall–Kier alpha value is -0.930. The standard InChI is InChI=1S/C17H23NO2/c1-16(2)11-17(7-8-19-16)15-12(10-20-17)9-18-14-6-4-3-5-13(14)15/h9H,3-8,10-11H2,1-2H3. The summed E-state index contributed by atoms with van der Waals surface area (Å²) in [6.45, 7) is 5.89. The van der Waals surface area contributed by atoms with Crippen LogP contribution in [0.15, 0.2) is 6.20 Å². The molecule has 3 heteroatoms. The zero-order valence-electron chi connectivity index (χ0n) is 12.5. The maximum atomic E-state index is 6.33. The second-order valence-corrected chi connectivity index (χ2v) is 7.11. The number of fused-ring (bicyclic) bond motifs is 4. The summed E-state index contributed by atoms with van der Waals surface area (Å²) in [4.78, 5) is 4.69. The van der Waals surface area contributed by atoms with Crippen molar-refractivity contribution in [2.45, 2.75) is 70.2 Å². The highest BCUT2D eigenvalue weighted by atomic mass is 16.5. The fraction of sp³-hybridized carbons (Fsp3) is 0.706. The molecule has 1 fully saturated rings. The van der Waals surface area contributed by atoms with Crippen molar-refractivity contribution < 1.29 is 9.47 Å². The molecule has 1 aromatic rings. The van der Waals surface area contributed by atoms with Gasteiger partial charge in [0.2, 0.25) is 0 Å². The number of aromatic nitrogens is 1. The highest BCUT2D eigenvalue weighted by Crippen LogP contribution is 2.50. The van der Waals surface area contributed by atoms with Gasteiger partial charge < -0.3 is 9.47 Å². The molecule has 0 radical (unpaired) electrons. The van der Waals surface area contributed by atoms with E-state index in [1.807, 2.05) is 0 Å². The molecule has 3 nitrogen and oxygen atoms in total. The molecule has 3 heterocycles.